The van der Waals surface area contributed by atoms with E-state index < -0.39 is 0 Å². The lowest BCUT2D eigenvalue weighted by atomic mass is 9.71. The normalized spacial score (nSPS) is 16.4. The molecule has 3 fully saturated rings. The number of aryl methyl sites for hydroxylation is 6. The van der Waals surface area contributed by atoms with Crippen molar-refractivity contribution in [1.29, 1.82) is 0 Å². The molecule has 0 amide bonds. The smallest absolute Gasteiger partial charge is 0.221 e. The predicted octanol–water partition coefficient (Wildman–Crippen LogP) is 16.5. The highest BCUT2D eigenvalue weighted by Crippen LogP contribution is 2.44. The number of nitrogens with zero attached hydrogens (tertiary/aromatic N) is 5. The fourth-order valence-electron chi connectivity index (χ4n) is 12.8. The molecule has 0 unspecified atom stereocenters. The summed E-state index contributed by atoms with van der Waals surface area (Å²) in [5.41, 5.74) is 16.6. The summed E-state index contributed by atoms with van der Waals surface area (Å²) in [4.78, 5) is 8.59. The van der Waals surface area contributed by atoms with Crippen LogP contribution in [0.15, 0.2) is 153 Å². The third-order valence-electron chi connectivity index (χ3n) is 17.4. The second kappa shape index (κ2) is 22.5. The highest BCUT2D eigenvalue weighted by molar-refractivity contribution is 5.96. The Morgan fingerprint density at radius 2 is 0.811 bits per heavy atom. The van der Waals surface area contributed by atoms with E-state index in [0.717, 1.165) is 17.8 Å². The van der Waals surface area contributed by atoms with Crippen LogP contribution in [0.25, 0.3) is 66.1 Å². The zero-order valence-corrected chi connectivity index (χ0v) is 45.8. The lowest BCUT2D eigenvalue weighted by Gasteiger charge is -2.34. The molecule has 5 aromatic heterocycles. The van der Waals surface area contributed by atoms with Crippen LogP contribution in [0.5, 0.6) is 0 Å². The van der Waals surface area contributed by atoms with Gasteiger partial charge in [0.2, 0.25) is 17.1 Å². The van der Waals surface area contributed by atoms with E-state index in [9.17, 15) is 0 Å². The van der Waals surface area contributed by atoms with E-state index >= 15 is 0 Å². The maximum atomic E-state index is 4.35. The van der Waals surface area contributed by atoms with Crippen LogP contribution < -0.4 is 13.7 Å². The molecule has 0 radical (unpaired) electrons. The van der Waals surface area contributed by atoms with Crippen molar-refractivity contribution in [2.75, 3.05) is 0 Å². The first-order valence-corrected chi connectivity index (χ1v) is 28.1. The van der Waals surface area contributed by atoms with Crippen LogP contribution in [0.1, 0.15) is 155 Å². The first kappa shape index (κ1) is 50.9. The Hall–Kier alpha value is -6.59. The van der Waals surface area contributed by atoms with Gasteiger partial charge < -0.3 is 0 Å². The number of fused-ring (bicyclic) bond motifs is 3. The topological polar surface area (TPSA) is 37.4 Å². The van der Waals surface area contributed by atoms with Crippen molar-refractivity contribution in [2.24, 2.45) is 26.6 Å². The molecule has 3 aliphatic carbocycles. The molecule has 0 bridgehead atoms. The summed E-state index contributed by atoms with van der Waals surface area (Å²) in [6.45, 7) is 11.3. The van der Waals surface area contributed by atoms with Crippen molar-refractivity contribution in [1.82, 2.24) is 9.97 Å². The van der Waals surface area contributed by atoms with E-state index in [-0.39, 0.29) is 0 Å². The maximum absolute atomic E-state index is 4.35. The van der Waals surface area contributed by atoms with E-state index in [4.69, 9.17) is 0 Å². The van der Waals surface area contributed by atoms with Gasteiger partial charge in [-0.2, -0.15) is 0 Å². The van der Waals surface area contributed by atoms with Crippen LogP contribution in [-0.4, -0.2) is 9.97 Å². The molecule has 378 valence electrons. The SMILES string of the molecule is Cc1ccccc1-c1c2ccc(C3CCC(C)(C)CC3)cc2cc[n+]1C.Cc1ccncc1-c1c2ccc(C3CCCCC3)cc2cc[n+]1C.Cc1cnccc1-c1c2ccc(C3CCCCC3)cc2cc[n+]1C. The van der Waals surface area contributed by atoms with Gasteiger partial charge in [0.1, 0.15) is 21.1 Å². The molecule has 3 aliphatic rings. The lowest BCUT2D eigenvalue weighted by Crippen LogP contribution is -2.30. The Bertz CT molecular complexity index is 3270. The summed E-state index contributed by atoms with van der Waals surface area (Å²) in [6.07, 6.45) is 33.3. The van der Waals surface area contributed by atoms with Gasteiger partial charge in [0.05, 0.1) is 27.3 Å². The van der Waals surface area contributed by atoms with E-state index in [2.05, 4.69) is 207 Å². The molecule has 0 saturated heterocycles. The molecule has 0 aliphatic heterocycles. The average Bonchev–Trinajstić information content (AvgIpc) is 3.43. The third kappa shape index (κ3) is 11.1. The van der Waals surface area contributed by atoms with Gasteiger partial charge in [0, 0.05) is 48.5 Å². The first-order valence-electron chi connectivity index (χ1n) is 28.1. The van der Waals surface area contributed by atoms with Crippen molar-refractivity contribution in [2.45, 2.75) is 142 Å². The summed E-state index contributed by atoms with van der Waals surface area (Å²) >= 11 is 0. The Morgan fingerprint density at radius 3 is 1.27 bits per heavy atom. The quantitative estimate of drug-likeness (QED) is 0.156. The number of rotatable bonds is 6. The van der Waals surface area contributed by atoms with Gasteiger partial charge in [-0.1, -0.05) is 107 Å². The molecule has 0 N–H and O–H groups in total. The minimum absolute atomic E-state index is 0.527. The molecular weight excluding hydrogens is 899 g/mol. The summed E-state index contributed by atoms with van der Waals surface area (Å²) < 4.78 is 6.70. The van der Waals surface area contributed by atoms with Gasteiger partial charge in [-0.3, -0.25) is 9.97 Å². The van der Waals surface area contributed by atoms with E-state index in [1.165, 1.54) is 189 Å². The van der Waals surface area contributed by atoms with Crippen LogP contribution >= 0.6 is 0 Å². The molecule has 0 atom stereocenters. The lowest BCUT2D eigenvalue weighted by molar-refractivity contribution is -0.659. The van der Waals surface area contributed by atoms with Crippen molar-refractivity contribution in [3.63, 3.8) is 0 Å². The average molecular weight is 979 g/mol. The minimum atomic E-state index is 0.527. The third-order valence-corrected chi connectivity index (χ3v) is 17.4. The highest BCUT2D eigenvalue weighted by atomic mass is 14.9. The number of pyridine rings is 5. The Morgan fingerprint density at radius 1 is 0.405 bits per heavy atom. The second-order valence-corrected chi connectivity index (χ2v) is 23.2. The van der Waals surface area contributed by atoms with Gasteiger partial charge in [0.25, 0.3) is 0 Å². The first-order chi connectivity index (χ1) is 35.9. The van der Waals surface area contributed by atoms with Gasteiger partial charge in [0.15, 0.2) is 18.6 Å². The molecule has 5 heterocycles. The van der Waals surface area contributed by atoms with E-state index in [1.54, 1.807) is 0 Å². The fraction of sp³-hybridized carbons (Fsp3) is 0.377. The molecular formula is C69H80N5+3. The summed E-state index contributed by atoms with van der Waals surface area (Å²) in [7, 11) is 6.40. The highest BCUT2D eigenvalue weighted by Gasteiger charge is 2.29. The van der Waals surface area contributed by atoms with E-state index in [1.807, 2.05) is 24.8 Å². The van der Waals surface area contributed by atoms with Crippen LogP contribution in [0, 0.1) is 26.2 Å². The molecule has 12 rings (SSSR count). The standard InChI is InChI=1S/C25H30N.2C22H25N2/c1-18-7-5-6-8-22(18)24-23-10-9-20(17-21(23)13-16-26(24)4)19-11-14-25(2,3)15-12-19;1-16-15-23-12-10-20(16)22-21-9-8-18(17-6-4-3-5-7-17)14-19(21)11-13-24(22)2;1-16-10-12-23-15-21(16)22-20-9-8-18(17-6-4-3-5-7-17)14-19(20)11-13-24(22)2/h5-10,13,16-17,19H,11-12,14-15H2,1-4H3;2*8-15,17H,3-7H2,1-2H3/q3*+1. The Balaban J connectivity index is 0.000000127. The largest absolute Gasteiger partial charge is 0.264 e. The number of aromatic nitrogens is 5. The van der Waals surface area contributed by atoms with Crippen LogP contribution in [-0.2, 0) is 21.1 Å². The number of benzene rings is 4. The Labute approximate surface area is 442 Å². The Kier molecular flexibility index (Phi) is 15.5. The molecule has 3 saturated carbocycles. The minimum Gasteiger partial charge on any atom is -0.264 e. The van der Waals surface area contributed by atoms with Crippen molar-refractivity contribution >= 4 is 32.3 Å². The van der Waals surface area contributed by atoms with Gasteiger partial charge in [-0.05, 0) is 181 Å². The zero-order chi connectivity index (χ0) is 51.3. The summed E-state index contributed by atoms with van der Waals surface area (Å²) in [6, 6.07) is 41.1. The molecule has 4 aromatic carbocycles. The van der Waals surface area contributed by atoms with Gasteiger partial charge >= 0.3 is 0 Å². The van der Waals surface area contributed by atoms with Gasteiger partial charge in [-0.25, -0.2) is 13.7 Å². The molecule has 9 aromatic rings. The molecule has 74 heavy (non-hydrogen) atoms. The fourth-order valence-corrected chi connectivity index (χ4v) is 12.8. The number of hydrogen-bond acceptors (Lipinski definition) is 2. The van der Waals surface area contributed by atoms with Crippen molar-refractivity contribution in [3.05, 3.63) is 186 Å². The van der Waals surface area contributed by atoms with Crippen LogP contribution in [0.3, 0.4) is 0 Å². The monoisotopic (exact) mass is 979 g/mol. The predicted molar refractivity (Wildman–Crippen MR) is 308 cm³/mol. The van der Waals surface area contributed by atoms with Crippen LogP contribution in [0.4, 0.5) is 0 Å². The molecule has 5 nitrogen and oxygen atoms in total. The zero-order valence-electron chi connectivity index (χ0n) is 45.8. The molecule has 5 heteroatoms. The maximum Gasteiger partial charge on any atom is 0.221 e. The molecule has 0 spiro atoms. The van der Waals surface area contributed by atoms with Crippen molar-refractivity contribution in [3.8, 4) is 33.8 Å². The summed E-state index contributed by atoms with van der Waals surface area (Å²) in [5.74, 6) is 2.23. The van der Waals surface area contributed by atoms with Gasteiger partial charge in [-0.15, -0.1) is 0 Å². The van der Waals surface area contributed by atoms with Crippen LogP contribution in [0.2, 0.25) is 0 Å². The van der Waals surface area contributed by atoms with Crippen molar-refractivity contribution < 1.29 is 13.7 Å². The summed E-state index contributed by atoms with van der Waals surface area (Å²) in [5, 5.41) is 8.05. The van der Waals surface area contributed by atoms with E-state index in [0.29, 0.717) is 5.41 Å². The second-order valence-electron chi connectivity index (χ2n) is 23.2. The number of hydrogen-bond donors (Lipinski definition) is 0.